The summed E-state index contributed by atoms with van der Waals surface area (Å²) in [5, 5.41) is 3.98. The average Bonchev–Trinajstić information content (AvgIpc) is 3.18. The lowest BCUT2D eigenvalue weighted by Crippen LogP contribution is -2.25. The second-order valence-electron chi connectivity index (χ2n) is 7.67. The third-order valence-corrected chi connectivity index (χ3v) is 5.40. The van der Waals surface area contributed by atoms with Crippen LogP contribution >= 0.6 is 0 Å². The predicted octanol–water partition coefficient (Wildman–Crippen LogP) is 5.19. The molecule has 1 amide bonds. The van der Waals surface area contributed by atoms with Gasteiger partial charge in [-0.15, -0.1) is 0 Å². The molecule has 0 saturated carbocycles. The molecule has 2 aromatic carbocycles. The number of rotatable bonds is 8. The third kappa shape index (κ3) is 4.77. The number of nitrogens with one attached hydrogen (secondary N) is 1. The summed E-state index contributed by atoms with van der Waals surface area (Å²) in [4.78, 5) is 17.3. The zero-order chi connectivity index (χ0) is 21.6. The van der Waals surface area contributed by atoms with E-state index in [2.05, 4.69) is 40.8 Å². The minimum absolute atomic E-state index is 0.103. The van der Waals surface area contributed by atoms with E-state index >= 15 is 0 Å². The second kappa shape index (κ2) is 9.47. The molecule has 4 rings (SSSR count). The molecule has 1 unspecified atom stereocenters. The smallest absolute Gasteiger partial charge is 0.268 e. The van der Waals surface area contributed by atoms with Crippen LogP contribution < -0.4 is 10.1 Å². The standard InChI is InChI=1S/C26H27N3O2/c1-3-19(2)31-25-13-7-12-23-22(25)15-24(29(23)18-20-9-5-4-6-10-20)26(30)28-17-21-11-8-14-27-16-21/h4-16,19H,3,17-18H2,1-2H3,(H,28,30). The van der Waals surface area contributed by atoms with Gasteiger partial charge >= 0.3 is 0 Å². The summed E-state index contributed by atoms with van der Waals surface area (Å²) >= 11 is 0. The van der Waals surface area contributed by atoms with Crippen LogP contribution in [-0.2, 0) is 13.1 Å². The molecule has 0 radical (unpaired) electrons. The van der Waals surface area contributed by atoms with Crippen molar-refractivity contribution in [2.45, 2.75) is 39.5 Å². The number of nitrogens with zero attached hydrogens (tertiary/aromatic N) is 2. The van der Waals surface area contributed by atoms with Gasteiger partial charge in [-0.2, -0.15) is 0 Å². The van der Waals surface area contributed by atoms with E-state index in [9.17, 15) is 4.79 Å². The SMILES string of the molecule is CCC(C)Oc1cccc2c1cc(C(=O)NCc1cccnc1)n2Cc1ccccc1. The quantitative estimate of drug-likeness (QED) is 0.432. The fourth-order valence-corrected chi connectivity index (χ4v) is 3.56. The lowest BCUT2D eigenvalue weighted by Gasteiger charge is -2.14. The molecule has 1 N–H and O–H groups in total. The Kier molecular flexibility index (Phi) is 6.32. The second-order valence-corrected chi connectivity index (χ2v) is 7.67. The van der Waals surface area contributed by atoms with E-state index in [-0.39, 0.29) is 12.0 Å². The Balaban J connectivity index is 1.71. The Morgan fingerprint density at radius 2 is 1.87 bits per heavy atom. The van der Waals surface area contributed by atoms with Gasteiger partial charge in [0.05, 0.1) is 11.6 Å². The highest BCUT2D eigenvalue weighted by Crippen LogP contribution is 2.31. The largest absolute Gasteiger partial charge is 0.490 e. The van der Waals surface area contributed by atoms with Crippen molar-refractivity contribution < 1.29 is 9.53 Å². The molecule has 1 atom stereocenters. The molecule has 2 heterocycles. The number of hydrogen-bond acceptors (Lipinski definition) is 3. The Bertz CT molecular complexity index is 1150. The molecule has 5 nitrogen and oxygen atoms in total. The summed E-state index contributed by atoms with van der Waals surface area (Å²) in [7, 11) is 0. The van der Waals surface area contributed by atoms with Gasteiger partial charge in [0.2, 0.25) is 0 Å². The van der Waals surface area contributed by atoms with Gasteiger partial charge in [-0.3, -0.25) is 9.78 Å². The van der Waals surface area contributed by atoms with E-state index in [1.807, 2.05) is 54.6 Å². The first kappa shape index (κ1) is 20.7. The number of ether oxygens (including phenoxy) is 1. The van der Waals surface area contributed by atoms with Gasteiger partial charge in [0.25, 0.3) is 5.91 Å². The highest BCUT2D eigenvalue weighted by Gasteiger charge is 2.19. The van der Waals surface area contributed by atoms with Crippen molar-refractivity contribution in [3.63, 3.8) is 0 Å². The first-order valence-electron chi connectivity index (χ1n) is 10.7. The van der Waals surface area contributed by atoms with Crippen LogP contribution in [0.2, 0.25) is 0 Å². The van der Waals surface area contributed by atoms with Crippen LogP contribution in [0.4, 0.5) is 0 Å². The van der Waals surface area contributed by atoms with Gasteiger partial charge in [-0.25, -0.2) is 0 Å². The number of carbonyl (C=O) groups is 1. The number of amides is 1. The van der Waals surface area contributed by atoms with Gasteiger partial charge < -0.3 is 14.6 Å². The molecule has 0 aliphatic carbocycles. The fraction of sp³-hybridized carbons (Fsp3) is 0.231. The molecule has 158 valence electrons. The highest BCUT2D eigenvalue weighted by atomic mass is 16.5. The van der Waals surface area contributed by atoms with Crippen molar-refractivity contribution in [1.82, 2.24) is 14.9 Å². The molecule has 31 heavy (non-hydrogen) atoms. The van der Waals surface area contributed by atoms with Crippen LogP contribution in [0.3, 0.4) is 0 Å². The van der Waals surface area contributed by atoms with Crippen molar-refractivity contribution in [2.24, 2.45) is 0 Å². The Morgan fingerprint density at radius 1 is 1.06 bits per heavy atom. The highest BCUT2D eigenvalue weighted by molar-refractivity contribution is 6.00. The summed E-state index contributed by atoms with van der Waals surface area (Å²) < 4.78 is 8.21. The van der Waals surface area contributed by atoms with Gasteiger partial charge in [0, 0.05) is 30.9 Å². The molecule has 0 spiro atoms. The van der Waals surface area contributed by atoms with E-state index in [1.165, 1.54) is 0 Å². The number of benzene rings is 2. The number of pyridine rings is 1. The summed E-state index contributed by atoms with van der Waals surface area (Å²) in [6.45, 7) is 5.19. The van der Waals surface area contributed by atoms with E-state index < -0.39 is 0 Å². The number of hydrogen-bond donors (Lipinski definition) is 1. The Morgan fingerprint density at radius 3 is 2.61 bits per heavy atom. The first-order valence-corrected chi connectivity index (χ1v) is 10.7. The maximum absolute atomic E-state index is 13.2. The normalized spacial score (nSPS) is 11.9. The summed E-state index contributed by atoms with van der Waals surface area (Å²) in [6.07, 6.45) is 4.50. The van der Waals surface area contributed by atoms with E-state index in [0.717, 1.165) is 34.2 Å². The van der Waals surface area contributed by atoms with Crippen LogP contribution in [0.5, 0.6) is 5.75 Å². The average molecular weight is 414 g/mol. The molecule has 0 fully saturated rings. The maximum atomic E-state index is 13.2. The van der Waals surface area contributed by atoms with Crippen LogP contribution in [0.25, 0.3) is 10.9 Å². The Hall–Kier alpha value is -3.60. The molecule has 5 heteroatoms. The predicted molar refractivity (Wildman–Crippen MR) is 123 cm³/mol. The number of carbonyl (C=O) groups excluding carboxylic acids is 1. The lowest BCUT2D eigenvalue weighted by atomic mass is 10.2. The number of aromatic nitrogens is 2. The van der Waals surface area contributed by atoms with Crippen LogP contribution in [0, 0.1) is 0 Å². The van der Waals surface area contributed by atoms with Crippen molar-refractivity contribution >= 4 is 16.8 Å². The van der Waals surface area contributed by atoms with E-state index in [1.54, 1.807) is 12.4 Å². The summed E-state index contributed by atoms with van der Waals surface area (Å²) in [6, 6.07) is 21.9. The van der Waals surface area contributed by atoms with E-state index in [4.69, 9.17) is 4.74 Å². The Labute approximate surface area is 182 Å². The monoisotopic (exact) mass is 413 g/mol. The zero-order valence-electron chi connectivity index (χ0n) is 17.9. The van der Waals surface area contributed by atoms with Gasteiger partial charge in [-0.05, 0) is 48.7 Å². The van der Waals surface area contributed by atoms with Gasteiger partial charge in [-0.1, -0.05) is 49.4 Å². The first-order chi connectivity index (χ1) is 15.2. The summed E-state index contributed by atoms with van der Waals surface area (Å²) in [5.41, 5.74) is 3.69. The van der Waals surface area contributed by atoms with Gasteiger partial charge in [0.1, 0.15) is 11.4 Å². The zero-order valence-corrected chi connectivity index (χ0v) is 17.9. The minimum Gasteiger partial charge on any atom is -0.490 e. The van der Waals surface area contributed by atoms with Crippen LogP contribution in [0.1, 0.15) is 41.9 Å². The molecule has 4 aromatic rings. The summed E-state index contributed by atoms with van der Waals surface area (Å²) in [5.74, 6) is 0.686. The van der Waals surface area contributed by atoms with Crippen molar-refractivity contribution in [2.75, 3.05) is 0 Å². The third-order valence-electron chi connectivity index (χ3n) is 5.40. The minimum atomic E-state index is -0.120. The van der Waals surface area contributed by atoms with Crippen molar-refractivity contribution in [1.29, 1.82) is 0 Å². The van der Waals surface area contributed by atoms with Crippen molar-refractivity contribution in [3.8, 4) is 5.75 Å². The number of fused-ring (bicyclic) bond motifs is 1. The molecule has 0 aliphatic heterocycles. The molecule has 0 aliphatic rings. The van der Waals surface area contributed by atoms with Crippen molar-refractivity contribution in [3.05, 3.63) is 95.9 Å². The molecular weight excluding hydrogens is 386 g/mol. The van der Waals surface area contributed by atoms with Gasteiger partial charge in [0.15, 0.2) is 0 Å². The molecule has 0 saturated heterocycles. The van der Waals surface area contributed by atoms with Crippen LogP contribution in [0.15, 0.2) is 79.1 Å². The topological polar surface area (TPSA) is 56.1 Å². The lowest BCUT2D eigenvalue weighted by molar-refractivity contribution is 0.0942. The van der Waals surface area contributed by atoms with Crippen LogP contribution in [-0.4, -0.2) is 21.6 Å². The molecular formula is C26H27N3O2. The fourth-order valence-electron chi connectivity index (χ4n) is 3.56. The maximum Gasteiger partial charge on any atom is 0.268 e. The molecule has 0 bridgehead atoms. The molecule has 2 aromatic heterocycles. The van der Waals surface area contributed by atoms with E-state index in [0.29, 0.717) is 18.8 Å².